The van der Waals surface area contributed by atoms with Crippen LogP contribution >= 0.6 is 0 Å². The van der Waals surface area contributed by atoms with Crippen molar-refractivity contribution in [1.29, 1.82) is 0 Å². The number of rotatable bonds is 6. The second-order valence-corrected chi connectivity index (χ2v) is 6.55. The van der Waals surface area contributed by atoms with Crippen molar-refractivity contribution < 1.29 is 0 Å². The quantitative estimate of drug-likeness (QED) is 0.856. The van der Waals surface area contributed by atoms with Crippen LogP contribution in [0.4, 0.5) is 0 Å². The lowest BCUT2D eigenvalue weighted by molar-refractivity contribution is 0.113. The van der Waals surface area contributed by atoms with Gasteiger partial charge in [-0.2, -0.15) is 0 Å². The van der Waals surface area contributed by atoms with Gasteiger partial charge in [0.2, 0.25) is 0 Å². The highest BCUT2D eigenvalue weighted by Crippen LogP contribution is 2.36. The standard InChI is InChI=1S/C18H28N2/c1-2-3-11-20-14-17(12-15-7-5-4-6-8-15)19-13-18(20)16-9-10-16/h4-8,16-19H,2-3,9-14H2,1H3. The van der Waals surface area contributed by atoms with Gasteiger partial charge in [-0.15, -0.1) is 0 Å². The van der Waals surface area contributed by atoms with Crippen LogP contribution in [-0.2, 0) is 6.42 Å². The van der Waals surface area contributed by atoms with E-state index in [0.717, 1.165) is 12.0 Å². The largest absolute Gasteiger partial charge is 0.311 e. The molecular weight excluding hydrogens is 244 g/mol. The number of piperazine rings is 1. The van der Waals surface area contributed by atoms with Gasteiger partial charge in [-0.3, -0.25) is 4.90 Å². The predicted molar refractivity (Wildman–Crippen MR) is 84.9 cm³/mol. The number of unbranched alkanes of at least 4 members (excludes halogenated alkanes) is 1. The Labute approximate surface area is 123 Å². The van der Waals surface area contributed by atoms with Crippen LogP contribution in [0.5, 0.6) is 0 Å². The van der Waals surface area contributed by atoms with Crippen molar-refractivity contribution in [3.05, 3.63) is 35.9 Å². The first-order valence-electron chi connectivity index (χ1n) is 8.38. The normalized spacial score (nSPS) is 27.6. The molecule has 110 valence electrons. The first kappa shape index (κ1) is 14.1. The van der Waals surface area contributed by atoms with Gasteiger partial charge >= 0.3 is 0 Å². The molecule has 1 aliphatic carbocycles. The molecule has 2 aliphatic rings. The van der Waals surface area contributed by atoms with Crippen LogP contribution in [0, 0.1) is 5.92 Å². The van der Waals surface area contributed by atoms with Gasteiger partial charge in [0.25, 0.3) is 0 Å². The average molecular weight is 272 g/mol. The molecule has 0 aromatic heterocycles. The van der Waals surface area contributed by atoms with Gasteiger partial charge in [0.15, 0.2) is 0 Å². The maximum Gasteiger partial charge on any atom is 0.0249 e. The molecule has 3 rings (SSSR count). The molecule has 1 heterocycles. The van der Waals surface area contributed by atoms with Crippen molar-refractivity contribution in [2.45, 2.75) is 51.1 Å². The average Bonchev–Trinajstić information content (AvgIpc) is 3.31. The van der Waals surface area contributed by atoms with E-state index in [1.165, 1.54) is 57.3 Å². The van der Waals surface area contributed by atoms with Gasteiger partial charge < -0.3 is 5.32 Å². The summed E-state index contributed by atoms with van der Waals surface area (Å²) < 4.78 is 0. The molecule has 2 atom stereocenters. The lowest BCUT2D eigenvalue weighted by Crippen LogP contribution is -2.58. The van der Waals surface area contributed by atoms with Crippen molar-refractivity contribution >= 4 is 0 Å². The molecule has 0 radical (unpaired) electrons. The van der Waals surface area contributed by atoms with Crippen molar-refractivity contribution in [3.8, 4) is 0 Å². The van der Waals surface area contributed by atoms with Gasteiger partial charge in [-0.05, 0) is 43.7 Å². The highest BCUT2D eigenvalue weighted by molar-refractivity contribution is 5.16. The Hall–Kier alpha value is -0.860. The van der Waals surface area contributed by atoms with E-state index < -0.39 is 0 Å². The zero-order valence-electron chi connectivity index (χ0n) is 12.7. The summed E-state index contributed by atoms with van der Waals surface area (Å²) in [6.45, 7) is 6.03. The highest BCUT2D eigenvalue weighted by Gasteiger charge is 2.38. The molecule has 1 aromatic rings. The molecule has 1 saturated heterocycles. The Morgan fingerprint density at radius 3 is 2.70 bits per heavy atom. The molecule has 0 spiro atoms. The first-order chi connectivity index (χ1) is 9.86. The van der Waals surface area contributed by atoms with Gasteiger partial charge in [0, 0.05) is 25.2 Å². The topological polar surface area (TPSA) is 15.3 Å². The van der Waals surface area contributed by atoms with Crippen LogP contribution in [0.3, 0.4) is 0 Å². The minimum absolute atomic E-state index is 0.629. The van der Waals surface area contributed by atoms with Gasteiger partial charge in [-0.25, -0.2) is 0 Å². The molecule has 20 heavy (non-hydrogen) atoms. The first-order valence-corrected chi connectivity index (χ1v) is 8.38. The fraction of sp³-hybridized carbons (Fsp3) is 0.667. The summed E-state index contributed by atoms with van der Waals surface area (Å²) in [5.41, 5.74) is 1.46. The fourth-order valence-electron chi connectivity index (χ4n) is 3.50. The Morgan fingerprint density at radius 1 is 1.20 bits per heavy atom. The van der Waals surface area contributed by atoms with E-state index in [2.05, 4.69) is 47.5 Å². The zero-order valence-corrected chi connectivity index (χ0v) is 12.7. The highest BCUT2D eigenvalue weighted by atomic mass is 15.2. The van der Waals surface area contributed by atoms with Crippen molar-refractivity contribution in [3.63, 3.8) is 0 Å². The lowest BCUT2D eigenvalue weighted by Gasteiger charge is -2.41. The van der Waals surface area contributed by atoms with Crippen molar-refractivity contribution in [2.75, 3.05) is 19.6 Å². The molecule has 1 aromatic carbocycles. The number of hydrogen-bond acceptors (Lipinski definition) is 2. The third-order valence-corrected chi connectivity index (χ3v) is 4.83. The van der Waals surface area contributed by atoms with Gasteiger partial charge in [0.05, 0.1) is 0 Å². The second kappa shape index (κ2) is 6.73. The van der Waals surface area contributed by atoms with E-state index in [9.17, 15) is 0 Å². The monoisotopic (exact) mass is 272 g/mol. The molecule has 2 nitrogen and oxygen atoms in total. The Morgan fingerprint density at radius 2 is 2.00 bits per heavy atom. The minimum Gasteiger partial charge on any atom is -0.311 e. The second-order valence-electron chi connectivity index (χ2n) is 6.55. The van der Waals surface area contributed by atoms with Gasteiger partial charge in [0.1, 0.15) is 0 Å². The molecule has 2 fully saturated rings. The van der Waals surface area contributed by atoms with E-state index in [1.807, 2.05) is 0 Å². The van der Waals surface area contributed by atoms with E-state index in [1.54, 1.807) is 0 Å². The third kappa shape index (κ3) is 3.62. The summed E-state index contributed by atoms with van der Waals surface area (Å²) in [7, 11) is 0. The molecule has 2 heteroatoms. The van der Waals surface area contributed by atoms with Crippen LogP contribution in [0.1, 0.15) is 38.2 Å². The summed E-state index contributed by atoms with van der Waals surface area (Å²) in [6, 6.07) is 12.4. The molecule has 0 bridgehead atoms. The number of benzene rings is 1. The molecule has 1 aliphatic heterocycles. The maximum atomic E-state index is 3.80. The Balaban J connectivity index is 1.58. The summed E-state index contributed by atoms with van der Waals surface area (Å²) >= 11 is 0. The molecule has 1 saturated carbocycles. The smallest absolute Gasteiger partial charge is 0.0249 e. The number of hydrogen-bond donors (Lipinski definition) is 1. The van der Waals surface area contributed by atoms with Crippen LogP contribution in [0.25, 0.3) is 0 Å². The van der Waals surface area contributed by atoms with Gasteiger partial charge in [-0.1, -0.05) is 43.7 Å². The summed E-state index contributed by atoms with van der Waals surface area (Å²) in [4.78, 5) is 2.78. The molecule has 2 unspecified atom stereocenters. The van der Waals surface area contributed by atoms with Crippen LogP contribution in [0.15, 0.2) is 30.3 Å². The Bertz CT molecular complexity index is 399. The number of nitrogens with one attached hydrogen (secondary N) is 1. The Kier molecular flexibility index (Phi) is 4.74. The van der Waals surface area contributed by atoms with E-state index >= 15 is 0 Å². The molecule has 1 N–H and O–H groups in total. The minimum atomic E-state index is 0.629. The summed E-state index contributed by atoms with van der Waals surface area (Å²) in [5.74, 6) is 0.983. The van der Waals surface area contributed by atoms with E-state index in [4.69, 9.17) is 0 Å². The SMILES string of the molecule is CCCCN1CC(Cc2ccccc2)NCC1C1CC1. The summed E-state index contributed by atoms with van der Waals surface area (Å²) in [5, 5.41) is 3.80. The fourth-order valence-corrected chi connectivity index (χ4v) is 3.50. The summed E-state index contributed by atoms with van der Waals surface area (Å²) in [6.07, 6.45) is 6.74. The number of nitrogens with zero attached hydrogens (tertiary/aromatic N) is 1. The third-order valence-electron chi connectivity index (χ3n) is 4.83. The van der Waals surface area contributed by atoms with E-state index in [-0.39, 0.29) is 0 Å². The molecular formula is C18H28N2. The molecule has 0 amide bonds. The lowest BCUT2D eigenvalue weighted by atomic mass is 9.99. The van der Waals surface area contributed by atoms with Crippen molar-refractivity contribution in [2.24, 2.45) is 5.92 Å². The zero-order chi connectivity index (χ0) is 13.8. The van der Waals surface area contributed by atoms with E-state index in [0.29, 0.717) is 6.04 Å². The maximum absolute atomic E-state index is 3.80. The predicted octanol–water partition coefficient (Wildman–Crippen LogP) is 3.08. The van der Waals surface area contributed by atoms with Crippen molar-refractivity contribution in [1.82, 2.24) is 10.2 Å². The van der Waals surface area contributed by atoms with Crippen LogP contribution in [-0.4, -0.2) is 36.6 Å². The van der Waals surface area contributed by atoms with Crippen LogP contribution < -0.4 is 5.32 Å². The van der Waals surface area contributed by atoms with Crippen LogP contribution in [0.2, 0.25) is 0 Å².